The Morgan fingerprint density at radius 3 is 2.57 bits per heavy atom. The van der Waals surface area contributed by atoms with E-state index in [4.69, 9.17) is 9.26 Å². The van der Waals surface area contributed by atoms with E-state index in [2.05, 4.69) is 5.10 Å². The van der Waals surface area contributed by atoms with Crippen molar-refractivity contribution in [3.05, 3.63) is 81.5 Å². The molecule has 0 spiro atoms. The van der Waals surface area contributed by atoms with Crippen molar-refractivity contribution in [2.45, 2.75) is 13.3 Å². The SMILES string of the molecule is CCO[P@@]1(=O)C(c2ccc([N+](=O)[O-])cc2)=NN(c2ccccc2)C2=C1CCO2. The van der Waals surface area contributed by atoms with E-state index in [0.717, 1.165) is 5.69 Å². The molecule has 2 heterocycles. The molecule has 2 aliphatic heterocycles. The van der Waals surface area contributed by atoms with E-state index < -0.39 is 12.3 Å². The summed E-state index contributed by atoms with van der Waals surface area (Å²) in [6.45, 7) is 2.41. The number of hydrazone groups is 1. The van der Waals surface area contributed by atoms with E-state index in [1.54, 1.807) is 24.1 Å². The number of rotatable bonds is 5. The maximum absolute atomic E-state index is 13.9. The Balaban J connectivity index is 1.87. The molecule has 2 aromatic carbocycles. The van der Waals surface area contributed by atoms with Gasteiger partial charge in [0.15, 0.2) is 5.45 Å². The lowest BCUT2D eigenvalue weighted by Gasteiger charge is -2.30. The van der Waals surface area contributed by atoms with Gasteiger partial charge in [0.1, 0.15) is 0 Å². The molecule has 0 bridgehead atoms. The van der Waals surface area contributed by atoms with E-state index in [1.807, 2.05) is 30.3 Å². The summed E-state index contributed by atoms with van der Waals surface area (Å²) in [4.78, 5) is 10.5. The van der Waals surface area contributed by atoms with Gasteiger partial charge in [0.2, 0.25) is 5.88 Å². The molecule has 0 aromatic heterocycles. The number of hydrogen-bond acceptors (Lipinski definition) is 7. The van der Waals surface area contributed by atoms with Gasteiger partial charge in [-0.25, -0.2) is 0 Å². The van der Waals surface area contributed by atoms with Crippen molar-refractivity contribution in [2.24, 2.45) is 5.10 Å². The minimum Gasteiger partial charge on any atom is -0.477 e. The van der Waals surface area contributed by atoms with Crippen LogP contribution >= 0.6 is 7.37 Å². The van der Waals surface area contributed by atoms with Gasteiger partial charge < -0.3 is 9.26 Å². The van der Waals surface area contributed by atoms with Gasteiger partial charge in [-0.15, -0.1) is 0 Å². The zero-order valence-electron chi connectivity index (χ0n) is 15.1. The maximum Gasteiger partial charge on any atom is 0.283 e. The second kappa shape index (κ2) is 7.22. The summed E-state index contributed by atoms with van der Waals surface area (Å²) in [6.07, 6.45) is 0.474. The Morgan fingerprint density at radius 2 is 1.93 bits per heavy atom. The average Bonchev–Trinajstić information content (AvgIpc) is 3.20. The van der Waals surface area contributed by atoms with Crippen LogP contribution in [0.1, 0.15) is 18.9 Å². The highest BCUT2D eigenvalue weighted by atomic mass is 31.2. The predicted octanol–water partition coefficient (Wildman–Crippen LogP) is 4.68. The molecule has 1 atom stereocenters. The molecule has 0 fully saturated rings. The Morgan fingerprint density at radius 1 is 1.21 bits per heavy atom. The number of non-ortho nitro benzene ring substituents is 1. The molecule has 28 heavy (non-hydrogen) atoms. The zero-order chi connectivity index (χ0) is 19.7. The average molecular weight is 399 g/mol. The highest BCUT2D eigenvalue weighted by Crippen LogP contribution is 2.64. The number of benzene rings is 2. The Kier molecular flexibility index (Phi) is 4.75. The number of ether oxygens (including phenoxy) is 1. The topological polar surface area (TPSA) is 94.3 Å². The van der Waals surface area contributed by atoms with Crippen molar-refractivity contribution in [2.75, 3.05) is 18.2 Å². The lowest BCUT2D eigenvalue weighted by atomic mass is 10.2. The molecule has 2 aromatic rings. The minimum atomic E-state index is -3.45. The quantitative estimate of drug-likeness (QED) is 0.412. The summed E-state index contributed by atoms with van der Waals surface area (Å²) in [5, 5.41) is 17.8. The van der Waals surface area contributed by atoms with Gasteiger partial charge in [0.25, 0.3) is 13.1 Å². The molecule has 0 aliphatic carbocycles. The predicted molar refractivity (Wildman–Crippen MR) is 105 cm³/mol. The van der Waals surface area contributed by atoms with E-state index in [1.165, 1.54) is 12.1 Å². The third-order valence-electron chi connectivity index (χ3n) is 4.49. The number of hydrogen-bond donors (Lipinski definition) is 0. The van der Waals surface area contributed by atoms with Crippen molar-refractivity contribution in [3.63, 3.8) is 0 Å². The minimum absolute atomic E-state index is 0.0459. The first-order chi connectivity index (χ1) is 13.5. The number of anilines is 1. The van der Waals surface area contributed by atoms with Gasteiger partial charge >= 0.3 is 0 Å². The van der Waals surface area contributed by atoms with Crippen LogP contribution in [0.2, 0.25) is 0 Å². The Bertz CT molecular complexity index is 1020. The van der Waals surface area contributed by atoms with Crippen LogP contribution < -0.4 is 5.01 Å². The van der Waals surface area contributed by atoms with Crippen molar-refractivity contribution >= 4 is 24.2 Å². The monoisotopic (exact) mass is 399 g/mol. The second-order valence-corrected chi connectivity index (χ2v) is 8.52. The van der Waals surface area contributed by atoms with Gasteiger partial charge in [0, 0.05) is 24.1 Å². The summed E-state index contributed by atoms with van der Waals surface area (Å²) >= 11 is 0. The number of nitro groups is 1. The first-order valence-electron chi connectivity index (χ1n) is 8.85. The number of nitrogens with zero attached hydrogens (tertiary/aromatic N) is 3. The molecular weight excluding hydrogens is 381 g/mol. The third kappa shape index (κ3) is 3.00. The fourth-order valence-corrected chi connectivity index (χ4v) is 5.63. The molecule has 0 radical (unpaired) electrons. The van der Waals surface area contributed by atoms with Gasteiger partial charge in [-0.05, 0) is 31.2 Å². The van der Waals surface area contributed by atoms with E-state index >= 15 is 0 Å². The largest absolute Gasteiger partial charge is 0.477 e. The smallest absolute Gasteiger partial charge is 0.283 e. The molecule has 0 amide bonds. The molecule has 144 valence electrons. The number of nitro benzene ring substituents is 1. The summed E-state index contributed by atoms with van der Waals surface area (Å²) in [6, 6.07) is 15.2. The summed E-state index contributed by atoms with van der Waals surface area (Å²) in [5.41, 5.74) is 1.49. The molecule has 0 N–H and O–H groups in total. The second-order valence-electron chi connectivity index (χ2n) is 6.19. The lowest BCUT2D eigenvalue weighted by Crippen LogP contribution is -2.25. The molecular formula is C19H18N3O5P. The summed E-state index contributed by atoms with van der Waals surface area (Å²) < 4.78 is 25.4. The normalized spacial score (nSPS) is 21.2. The van der Waals surface area contributed by atoms with Gasteiger partial charge in [-0.1, -0.05) is 18.2 Å². The molecule has 0 unspecified atom stereocenters. The van der Waals surface area contributed by atoms with E-state index in [-0.39, 0.29) is 17.7 Å². The van der Waals surface area contributed by atoms with Gasteiger partial charge in [-0.3, -0.25) is 14.7 Å². The molecule has 8 nitrogen and oxygen atoms in total. The fourth-order valence-electron chi connectivity index (χ4n) is 3.24. The molecule has 0 saturated carbocycles. The standard InChI is InChI=1S/C19H18N3O5P/c1-2-27-28(25)17-12-13-26-19(17)21(15-6-4-3-5-7-15)20-18(28)14-8-10-16(11-9-14)22(23)24/h3-11H,2,12-13H2,1H3/t28-/m1/s1. The zero-order valence-corrected chi connectivity index (χ0v) is 16.0. The highest BCUT2D eigenvalue weighted by molar-refractivity contribution is 7.81. The van der Waals surface area contributed by atoms with Crippen LogP contribution in [0.5, 0.6) is 0 Å². The highest BCUT2D eigenvalue weighted by Gasteiger charge is 2.46. The summed E-state index contributed by atoms with van der Waals surface area (Å²) in [5.74, 6) is 0.439. The van der Waals surface area contributed by atoms with Crippen molar-refractivity contribution in [3.8, 4) is 0 Å². The lowest BCUT2D eigenvalue weighted by molar-refractivity contribution is -0.384. The fraction of sp³-hybridized carbons (Fsp3) is 0.211. The number of para-hydroxylation sites is 1. The van der Waals surface area contributed by atoms with Crippen LogP contribution in [0, 0.1) is 10.1 Å². The van der Waals surface area contributed by atoms with Crippen LogP contribution in [0.15, 0.2) is 70.9 Å². The molecule has 2 aliphatic rings. The summed E-state index contributed by atoms with van der Waals surface area (Å²) in [7, 11) is -3.45. The van der Waals surface area contributed by atoms with Crippen LogP contribution in [0.4, 0.5) is 11.4 Å². The van der Waals surface area contributed by atoms with Crippen molar-refractivity contribution < 1.29 is 18.7 Å². The van der Waals surface area contributed by atoms with Crippen molar-refractivity contribution in [1.29, 1.82) is 0 Å². The van der Waals surface area contributed by atoms with E-state index in [9.17, 15) is 14.7 Å². The molecule has 4 rings (SSSR count). The molecule has 9 heteroatoms. The van der Waals surface area contributed by atoms with Crippen molar-refractivity contribution in [1.82, 2.24) is 0 Å². The molecule has 0 saturated heterocycles. The van der Waals surface area contributed by atoms with Crippen LogP contribution in [0.3, 0.4) is 0 Å². The maximum atomic E-state index is 13.9. The van der Waals surface area contributed by atoms with Gasteiger partial charge in [0.05, 0.1) is 29.1 Å². The Hall–Kier alpha value is -2.96. The third-order valence-corrected chi connectivity index (χ3v) is 7.15. The first kappa shape index (κ1) is 18.4. The van der Waals surface area contributed by atoms with Crippen LogP contribution in [-0.4, -0.2) is 23.6 Å². The van der Waals surface area contributed by atoms with E-state index in [0.29, 0.717) is 29.8 Å². The van der Waals surface area contributed by atoms with Gasteiger partial charge in [-0.2, -0.15) is 10.1 Å². The Labute approximate surface area is 161 Å². The van der Waals surface area contributed by atoms with Crippen LogP contribution in [0.25, 0.3) is 0 Å². The van der Waals surface area contributed by atoms with Crippen LogP contribution in [-0.2, 0) is 13.8 Å². The first-order valence-corrected chi connectivity index (χ1v) is 10.5.